The van der Waals surface area contributed by atoms with E-state index in [2.05, 4.69) is 12.2 Å². The van der Waals surface area contributed by atoms with Crippen molar-refractivity contribution >= 4 is 28.6 Å². The van der Waals surface area contributed by atoms with Crippen LogP contribution in [0, 0.1) is 17.8 Å². The average molecular weight is 426 g/mol. The summed E-state index contributed by atoms with van der Waals surface area (Å²) in [6, 6.07) is 7.47. The van der Waals surface area contributed by atoms with Gasteiger partial charge in [0.15, 0.2) is 5.16 Å². The van der Waals surface area contributed by atoms with Crippen LogP contribution in [0.3, 0.4) is 0 Å². The minimum absolute atomic E-state index is 0.0144. The Labute approximate surface area is 182 Å². The number of hydrogen-bond acceptors (Lipinski definition) is 4. The predicted molar refractivity (Wildman–Crippen MR) is 121 cm³/mol. The summed E-state index contributed by atoms with van der Waals surface area (Å²) in [6.07, 6.45) is 8.39. The van der Waals surface area contributed by atoms with E-state index in [1.165, 1.54) is 31.0 Å². The van der Waals surface area contributed by atoms with Crippen LogP contribution in [0.5, 0.6) is 0 Å². The van der Waals surface area contributed by atoms with Crippen LogP contribution < -0.4 is 10.9 Å². The second-order valence-corrected chi connectivity index (χ2v) is 11.1. The summed E-state index contributed by atoms with van der Waals surface area (Å²) in [6.45, 7) is 4.61. The predicted octanol–water partition coefficient (Wildman–Crippen LogP) is 4.37. The molecule has 6 heteroatoms. The van der Waals surface area contributed by atoms with Crippen molar-refractivity contribution in [1.82, 2.24) is 14.9 Å². The number of benzene rings is 1. The van der Waals surface area contributed by atoms with Gasteiger partial charge in [0.2, 0.25) is 5.91 Å². The zero-order chi connectivity index (χ0) is 20.9. The highest BCUT2D eigenvalue weighted by atomic mass is 32.2. The van der Waals surface area contributed by atoms with Gasteiger partial charge in [-0.1, -0.05) is 30.8 Å². The number of aromatic nitrogens is 2. The molecule has 4 saturated carbocycles. The Morgan fingerprint density at radius 3 is 2.47 bits per heavy atom. The normalized spacial score (nSPS) is 30.5. The first-order valence-electron chi connectivity index (χ1n) is 11.4. The number of nitrogens with one attached hydrogen (secondary N) is 1. The molecule has 4 fully saturated rings. The molecule has 4 aliphatic rings. The van der Waals surface area contributed by atoms with Gasteiger partial charge in [0.1, 0.15) is 0 Å². The van der Waals surface area contributed by atoms with Gasteiger partial charge in [-0.15, -0.1) is 0 Å². The summed E-state index contributed by atoms with van der Waals surface area (Å²) in [5, 5.41) is 4.48. The van der Waals surface area contributed by atoms with E-state index in [1.807, 2.05) is 31.2 Å². The van der Waals surface area contributed by atoms with Crippen molar-refractivity contribution in [3.63, 3.8) is 0 Å². The number of carbonyl (C=O) groups excluding carboxylic acids is 1. The Morgan fingerprint density at radius 1 is 1.20 bits per heavy atom. The van der Waals surface area contributed by atoms with E-state index in [0.29, 0.717) is 22.6 Å². The number of carbonyl (C=O) groups is 1. The molecule has 1 atom stereocenters. The van der Waals surface area contributed by atoms with Crippen LogP contribution in [-0.2, 0) is 11.3 Å². The Kier molecular flexibility index (Phi) is 5.16. The van der Waals surface area contributed by atoms with Crippen molar-refractivity contribution in [2.24, 2.45) is 17.8 Å². The minimum Gasteiger partial charge on any atom is -0.350 e. The second kappa shape index (κ2) is 7.70. The Bertz CT molecular complexity index is 995. The van der Waals surface area contributed by atoms with Crippen LogP contribution >= 0.6 is 11.8 Å². The van der Waals surface area contributed by atoms with E-state index in [4.69, 9.17) is 4.98 Å². The van der Waals surface area contributed by atoms with Crippen LogP contribution in [0.2, 0.25) is 0 Å². The van der Waals surface area contributed by atoms with Crippen molar-refractivity contribution in [3.8, 4) is 0 Å². The number of fused-ring (bicyclic) bond motifs is 1. The van der Waals surface area contributed by atoms with Crippen LogP contribution in [0.4, 0.5) is 0 Å². The largest absolute Gasteiger partial charge is 0.350 e. The Balaban J connectivity index is 1.36. The maximum Gasteiger partial charge on any atom is 0.262 e. The van der Waals surface area contributed by atoms with E-state index in [-0.39, 0.29) is 22.3 Å². The van der Waals surface area contributed by atoms with Crippen molar-refractivity contribution < 1.29 is 4.79 Å². The van der Waals surface area contributed by atoms with Crippen molar-refractivity contribution in [3.05, 3.63) is 34.6 Å². The highest BCUT2D eigenvalue weighted by Crippen LogP contribution is 2.55. The summed E-state index contributed by atoms with van der Waals surface area (Å²) in [5.74, 6) is 2.50. The van der Waals surface area contributed by atoms with Gasteiger partial charge < -0.3 is 5.32 Å². The molecule has 1 heterocycles. The molecule has 1 amide bonds. The maximum atomic E-state index is 13.2. The zero-order valence-electron chi connectivity index (χ0n) is 17.9. The highest BCUT2D eigenvalue weighted by Gasteiger charge is 2.51. The zero-order valence-corrected chi connectivity index (χ0v) is 18.7. The van der Waals surface area contributed by atoms with Crippen LogP contribution in [0.25, 0.3) is 10.9 Å². The van der Waals surface area contributed by atoms with Gasteiger partial charge in [-0.2, -0.15) is 0 Å². The fourth-order valence-electron chi connectivity index (χ4n) is 6.50. The number of rotatable bonds is 6. The number of nitrogens with zero attached hydrogens (tertiary/aromatic N) is 2. The molecule has 6 rings (SSSR count). The SMILES string of the molecule is CCCn1c(S[C@@H](C)C(=O)NC23CC4CC(CC(C4)C2)C3)nc2ccccc2c1=O. The van der Waals surface area contributed by atoms with Gasteiger partial charge in [-0.3, -0.25) is 14.2 Å². The Hall–Kier alpha value is -1.82. The third-order valence-electron chi connectivity index (χ3n) is 7.35. The van der Waals surface area contributed by atoms with Gasteiger partial charge in [-0.25, -0.2) is 4.98 Å². The average Bonchev–Trinajstić information content (AvgIpc) is 2.69. The van der Waals surface area contributed by atoms with Crippen LogP contribution in [0.1, 0.15) is 58.8 Å². The van der Waals surface area contributed by atoms with E-state index in [9.17, 15) is 9.59 Å². The van der Waals surface area contributed by atoms with E-state index >= 15 is 0 Å². The fourth-order valence-corrected chi connectivity index (χ4v) is 7.43. The van der Waals surface area contributed by atoms with Crippen LogP contribution in [0.15, 0.2) is 34.2 Å². The van der Waals surface area contributed by atoms with Crippen molar-refractivity contribution in [2.45, 2.75) is 81.3 Å². The minimum atomic E-state index is -0.283. The van der Waals surface area contributed by atoms with Gasteiger partial charge >= 0.3 is 0 Å². The molecular formula is C24H31N3O2S. The lowest BCUT2D eigenvalue weighted by molar-refractivity contribution is -0.126. The smallest absolute Gasteiger partial charge is 0.262 e. The lowest BCUT2D eigenvalue weighted by Gasteiger charge is -2.57. The Morgan fingerprint density at radius 2 is 1.83 bits per heavy atom. The lowest BCUT2D eigenvalue weighted by atomic mass is 9.53. The molecular weight excluding hydrogens is 394 g/mol. The molecule has 5 nitrogen and oxygen atoms in total. The maximum absolute atomic E-state index is 13.2. The van der Waals surface area contributed by atoms with Crippen molar-refractivity contribution in [1.29, 1.82) is 0 Å². The lowest BCUT2D eigenvalue weighted by Crippen LogP contribution is -2.60. The van der Waals surface area contributed by atoms with Gasteiger partial charge in [-0.05, 0) is 81.8 Å². The third kappa shape index (κ3) is 3.57. The number of thioether (sulfide) groups is 1. The van der Waals surface area contributed by atoms with E-state index in [0.717, 1.165) is 43.4 Å². The number of hydrogen-bond donors (Lipinski definition) is 1. The first-order chi connectivity index (χ1) is 14.5. The molecule has 0 aliphatic heterocycles. The summed E-state index contributed by atoms with van der Waals surface area (Å²) < 4.78 is 1.74. The summed E-state index contributed by atoms with van der Waals surface area (Å²) >= 11 is 1.42. The molecule has 0 saturated heterocycles. The molecule has 1 aromatic carbocycles. The second-order valence-electron chi connectivity index (χ2n) is 9.82. The third-order valence-corrected chi connectivity index (χ3v) is 8.44. The first kappa shape index (κ1) is 20.1. The molecule has 0 unspecified atom stereocenters. The monoisotopic (exact) mass is 425 g/mol. The molecule has 0 spiro atoms. The summed E-state index contributed by atoms with van der Waals surface area (Å²) in [5.41, 5.74) is 0.699. The summed E-state index contributed by atoms with van der Waals surface area (Å²) in [7, 11) is 0. The number of para-hydroxylation sites is 1. The van der Waals surface area contributed by atoms with Crippen LogP contribution in [-0.4, -0.2) is 26.2 Å². The van der Waals surface area contributed by atoms with Crippen molar-refractivity contribution in [2.75, 3.05) is 0 Å². The van der Waals surface area contributed by atoms with E-state index in [1.54, 1.807) is 4.57 Å². The fraction of sp³-hybridized carbons (Fsp3) is 0.625. The molecule has 30 heavy (non-hydrogen) atoms. The van der Waals surface area contributed by atoms with Gasteiger partial charge in [0, 0.05) is 12.1 Å². The molecule has 1 aromatic heterocycles. The van der Waals surface area contributed by atoms with Gasteiger partial charge in [0.05, 0.1) is 16.2 Å². The van der Waals surface area contributed by atoms with E-state index < -0.39 is 0 Å². The van der Waals surface area contributed by atoms with Gasteiger partial charge in [0.25, 0.3) is 5.56 Å². The highest BCUT2D eigenvalue weighted by molar-refractivity contribution is 8.00. The summed E-state index contributed by atoms with van der Waals surface area (Å²) in [4.78, 5) is 31.0. The molecule has 0 radical (unpaired) electrons. The standard InChI is InChI=1S/C24H31N3O2S/c1-3-8-27-22(29)19-6-4-5-7-20(19)25-23(27)30-15(2)21(28)26-24-12-16-9-17(13-24)11-18(10-16)14-24/h4-7,15-18H,3,8-14H2,1-2H3,(H,26,28)/t15-,16?,17?,18?,24?/m0/s1. The topological polar surface area (TPSA) is 64.0 Å². The molecule has 2 aromatic rings. The molecule has 160 valence electrons. The molecule has 1 N–H and O–H groups in total. The quantitative estimate of drug-likeness (QED) is 0.551. The number of amides is 1. The molecule has 4 aliphatic carbocycles. The first-order valence-corrected chi connectivity index (χ1v) is 12.3. The molecule has 4 bridgehead atoms.